The van der Waals surface area contributed by atoms with Crippen LogP contribution in [0.15, 0.2) is 60.3 Å². The van der Waals surface area contributed by atoms with E-state index in [1.54, 1.807) is 6.20 Å². The van der Waals surface area contributed by atoms with Crippen LogP contribution in [-0.4, -0.2) is 16.1 Å². The van der Waals surface area contributed by atoms with Crippen molar-refractivity contribution in [2.45, 2.75) is 24.6 Å². The molecule has 0 amide bonds. The van der Waals surface area contributed by atoms with Crippen LogP contribution in [0.1, 0.15) is 30.5 Å². The number of Topliss-reactive ketones (excluding diaryl/α,β-unsaturated/α-hetero) is 1. The van der Waals surface area contributed by atoms with Crippen LogP contribution in [0, 0.1) is 0 Å². The molecule has 0 N–H and O–H groups in total. The third-order valence-corrected chi connectivity index (χ3v) is 4.17. The number of carbonyl (C=O) groups is 1. The van der Waals surface area contributed by atoms with Gasteiger partial charge in [-0.2, -0.15) is 0 Å². The molecule has 1 fully saturated rings. The maximum Gasteiger partial charge on any atom is 0.177 e. The normalized spacial score (nSPS) is 21.2. The van der Waals surface area contributed by atoms with Gasteiger partial charge in [0.2, 0.25) is 0 Å². The van der Waals surface area contributed by atoms with E-state index in [9.17, 15) is 4.79 Å². The van der Waals surface area contributed by atoms with Gasteiger partial charge in [-0.25, -0.2) is 0 Å². The number of allylic oxidation sites excluding steroid dienone is 1. The highest BCUT2D eigenvalue weighted by Crippen LogP contribution is 2.33. The van der Waals surface area contributed by atoms with Crippen LogP contribution in [0.3, 0.4) is 0 Å². The molecule has 2 aromatic rings. The summed E-state index contributed by atoms with van der Waals surface area (Å²) in [6.45, 7) is 0. The molecule has 1 aliphatic carbocycles. The van der Waals surface area contributed by atoms with E-state index in [4.69, 9.17) is 11.6 Å². The average molecular weight is 298 g/mol. The number of ketones is 1. The second kappa shape index (κ2) is 6.23. The summed E-state index contributed by atoms with van der Waals surface area (Å²) in [4.78, 5) is 16.9. The number of hydrogen-bond donors (Lipinski definition) is 0. The van der Waals surface area contributed by atoms with Crippen LogP contribution in [0.25, 0.3) is 5.57 Å². The summed E-state index contributed by atoms with van der Waals surface area (Å²) in [6.07, 6.45) is 4.22. The molecule has 1 unspecified atom stereocenters. The number of hydrogen-bond acceptors (Lipinski definition) is 2. The van der Waals surface area contributed by atoms with Crippen LogP contribution in [0.5, 0.6) is 0 Å². The topological polar surface area (TPSA) is 30.0 Å². The van der Waals surface area contributed by atoms with Crippen molar-refractivity contribution in [3.8, 4) is 0 Å². The Kier molecular flexibility index (Phi) is 4.16. The molecule has 0 spiro atoms. The summed E-state index contributed by atoms with van der Waals surface area (Å²) in [7, 11) is 0. The molecule has 3 rings (SSSR count). The Morgan fingerprint density at radius 1 is 1.10 bits per heavy atom. The van der Waals surface area contributed by atoms with Crippen molar-refractivity contribution in [3.05, 3.63) is 71.6 Å². The van der Waals surface area contributed by atoms with Crippen LogP contribution in [0.4, 0.5) is 0 Å². The fourth-order valence-corrected chi connectivity index (χ4v) is 3.03. The number of halogens is 1. The van der Waals surface area contributed by atoms with E-state index in [-0.39, 0.29) is 5.78 Å². The molecular weight excluding hydrogens is 282 g/mol. The Hall–Kier alpha value is -1.93. The van der Waals surface area contributed by atoms with Gasteiger partial charge >= 0.3 is 0 Å². The van der Waals surface area contributed by atoms with Crippen LogP contribution < -0.4 is 0 Å². The van der Waals surface area contributed by atoms with E-state index < -0.39 is 5.38 Å². The molecule has 0 bridgehead atoms. The number of benzene rings is 1. The number of aromatic nitrogens is 1. The molecule has 1 atom stereocenters. The largest absolute Gasteiger partial charge is 0.293 e. The SMILES string of the molecule is O=C1C(=C(c2ccccc2)c2ccccn2)CCCC1Cl. The Bertz CT molecular complexity index is 623. The molecule has 3 heteroatoms. The van der Waals surface area contributed by atoms with Crippen LogP contribution >= 0.6 is 11.6 Å². The smallest absolute Gasteiger partial charge is 0.177 e. The third-order valence-electron chi connectivity index (χ3n) is 3.75. The monoisotopic (exact) mass is 297 g/mol. The van der Waals surface area contributed by atoms with E-state index in [2.05, 4.69) is 4.98 Å². The summed E-state index contributed by atoms with van der Waals surface area (Å²) >= 11 is 6.18. The first-order valence-corrected chi connectivity index (χ1v) is 7.59. The molecule has 0 radical (unpaired) electrons. The van der Waals surface area contributed by atoms with E-state index in [0.29, 0.717) is 0 Å². The molecule has 21 heavy (non-hydrogen) atoms. The zero-order valence-electron chi connectivity index (χ0n) is 11.6. The maximum absolute atomic E-state index is 12.5. The summed E-state index contributed by atoms with van der Waals surface area (Å²) in [5.41, 5.74) is 3.58. The summed E-state index contributed by atoms with van der Waals surface area (Å²) in [6, 6.07) is 15.7. The van der Waals surface area contributed by atoms with Crippen molar-refractivity contribution in [1.29, 1.82) is 0 Å². The van der Waals surface area contributed by atoms with Gasteiger partial charge in [-0.3, -0.25) is 9.78 Å². The van der Waals surface area contributed by atoms with Crippen molar-refractivity contribution in [1.82, 2.24) is 4.98 Å². The Labute approximate surface area is 129 Å². The van der Waals surface area contributed by atoms with Gasteiger partial charge in [0.15, 0.2) is 5.78 Å². The van der Waals surface area contributed by atoms with E-state index in [0.717, 1.165) is 41.7 Å². The second-order valence-corrected chi connectivity index (χ2v) is 5.69. The van der Waals surface area contributed by atoms with Gasteiger partial charge in [0, 0.05) is 17.3 Å². The summed E-state index contributed by atoms with van der Waals surface area (Å²) in [5.74, 6) is 0.0485. The minimum Gasteiger partial charge on any atom is -0.293 e. The lowest BCUT2D eigenvalue weighted by Gasteiger charge is -2.21. The lowest BCUT2D eigenvalue weighted by molar-refractivity contribution is -0.116. The molecule has 1 heterocycles. The van der Waals surface area contributed by atoms with E-state index >= 15 is 0 Å². The standard InChI is InChI=1S/C18H16ClNO/c19-15-10-6-9-14(18(15)21)17(13-7-2-1-3-8-13)16-11-4-5-12-20-16/h1-5,7-8,11-12,15H,6,9-10H2. The first-order valence-electron chi connectivity index (χ1n) is 7.15. The lowest BCUT2D eigenvalue weighted by atomic mass is 9.85. The number of nitrogens with zero attached hydrogens (tertiary/aromatic N) is 1. The molecular formula is C18H16ClNO. The minimum atomic E-state index is -0.406. The van der Waals surface area contributed by atoms with Gasteiger partial charge in [-0.15, -0.1) is 11.6 Å². The van der Waals surface area contributed by atoms with Gasteiger partial charge in [-0.1, -0.05) is 36.4 Å². The number of rotatable bonds is 2. The molecule has 1 aromatic carbocycles. The predicted octanol–water partition coefficient (Wildman–Crippen LogP) is 4.24. The Balaban J connectivity index is 2.19. The highest BCUT2D eigenvalue weighted by molar-refractivity contribution is 6.35. The van der Waals surface area contributed by atoms with Crippen molar-refractivity contribution in [2.75, 3.05) is 0 Å². The number of carbonyl (C=O) groups excluding carboxylic acids is 1. The van der Waals surface area contributed by atoms with Crippen molar-refractivity contribution in [2.24, 2.45) is 0 Å². The molecule has 1 aromatic heterocycles. The molecule has 2 nitrogen and oxygen atoms in total. The number of alkyl halides is 1. The molecule has 0 aliphatic heterocycles. The van der Waals surface area contributed by atoms with Crippen molar-refractivity contribution < 1.29 is 4.79 Å². The average Bonchev–Trinajstić information content (AvgIpc) is 2.54. The molecule has 0 saturated heterocycles. The Morgan fingerprint density at radius 3 is 2.57 bits per heavy atom. The van der Waals surface area contributed by atoms with E-state index in [1.165, 1.54) is 0 Å². The highest BCUT2D eigenvalue weighted by Gasteiger charge is 2.28. The van der Waals surface area contributed by atoms with E-state index in [1.807, 2.05) is 48.5 Å². The van der Waals surface area contributed by atoms with Crippen LogP contribution in [-0.2, 0) is 4.79 Å². The molecule has 1 saturated carbocycles. The minimum absolute atomic E-state index is 0.0485. The van der Waals surface area contributed by atoms with Gasteiger partial charge < -0.3 is 0 Å². The second-order valence-electron chi connectivity index (χ2n) is 5.16. The summed E-state index contributed by atoms with van der Waals surface area (Å²) in [5, 5.41) is -0.406. The predicted molar refractivity (Wildman–Crippen MR) is 85.2 cm³/mol. The van der Waals surface area contributed by atoms with Gasteiger partial charge in [0.05, 0.1) is 11.1 Å². The molecule has 106 valence electrons. The quantitative estimate of drug-likeness (QED) is 0.613. The number of pyridine rings is 1. The zero-order chi connectivity index (χ0) is 14.7. The van der Waals surface area contributed by atoms with Gasteiger partial charge in [-0.05, 0) is 37.0 Å². The lowest BCUT2D eigenvalue weighted by Crippen LogP contribution is -2.23. The van der Waals surface area contributed by atoms with Crippen molar-refractivity contribution in [3.63, 3.8) is 0 Å². The highest BCUT2D eigenvalue weighted by atomic mass is 35.5. The van der Waals surface area contributed by atoms with Crippen molar-refractivity contribution >= 4 is 23.0 Å². The van der Waals surface area contributed by atoms with Crippen LogP contribution in [0.2, 0.25) is 0 Å². The Morgan fingerprint density at radius 2 is 1.86 bits per heavy atom. The maximum atomic E-state index is 12.5. The first kappa shape index (κ1) is 14.0. The van der Waals surface area contributed by atoms with Gasteiger partial charge in [0.1, 0.15) is 0 Å². The zero-order valence-corrected chi connectivity index (χ0v) is 12.4. The molecule has 1 aliphatic rings. The fourth-order valence-electron chi connectivity index (χ4n) is 2.74. The first-order chi connectivity index (χ1) is 10.3. The third kappa shape index (κ3) is 2.91. The fraction of sp³-hybridized carbons (Fsp3) is 0.222. The van der Waals surface area contributed by atoms with Gasteiger partial charge in [0.25, 0.3) is 0 Å². The summed E-state index contributed by atoms with van der Waals surface area (Å²) < 4.78 is 0.